The van der Waals surface area contributed by atoms with E-state index in [2.05, 4.69) is 25.4 Å². The van der Waals surface area contributed by atoms with Gasteiger partial charge in [-0.1, -0.05) is 0 Å². The van der Waals surface area contributed by atoms with E-state index in [9.17, 15) is 9.18 Å². The summed E-state index contributed by atoms with van der Waals surface area (Å²) in [6.45, 7) is 0.858. The van der Waals surface area contributed by atoms with E-state index in [0.717, 1.165) is 5.39 Å². The number of carbonyl (C=O) groups is 1. The molecule has 0 saturated carbocycles. The van der Waals surface area contributed by atoms with Crippen LogP contribution in [-0.4, -0.2) is 56.1 Å². The summed E-state index contributed by atoms with van der Waals surface area (Å²) >= 11 is 0. The summed E-state index contributed by atoms with van der Waals surface area (Å²) in [5.41, 5.74) is 8.36. The molecule has 3 aromatic heterocycles. The lowest BCUT2D eigenvalue weighted by atomic mass is 10.1. The van der Waals surface area contributed by atoms with E-state index in [1.54, 1.807) is 24.0 Å². The van der Waals surface area contributed by atoms with Crippen molar-refractivity contribution in [3.63, 3.8) is 0 Å². The van der Waals surface area contributed by atoms with Crippen LogP contribution in [0.15, 0.2) is 30.6 Å². The largest absolute Gasteiger partial charge is 0.413 e. The fraction of sp³-hybridized carbons (Fsp3) is 0.300. The number of nitrogens with zero attached hydrogens (tertiary/aromatic N) is 4. The van der Waals surface area contributed by atoms with Gasteiger partial charge in [0.05, 0.1) is 31.0 Å². The maximum absolute atomic E-state index is 13.6. The smallest absolute Gasteiger partial charge is 0.406 e. The molecule has 11 heteroatoms. The van der Waals surface area contributed by atoms with Gasteiger partial charge in [0.2, 0.25) is 0 Å². The van der Waals surface area contributed by atoms with Crippen LogP contribution >= 0.6 is 0 Å². The minimum absolute atomic E-state index is 0.123. The van der Waals surface area contributed by atoms with E-state index in [1.807, 2.05) is 0 Å². The third-order valence-electron chi connectivity index (χ3n) is 5.16. The Balaban J connectivity index is 1.43. The second kappa shape index (κ2) is 7.60. The van der Waals surface area contributed by atoms with E-state index >= 15 is 0 Å². The van der Waals surface area contributed by atoms with E-state index in [4.69, 9.17) is 15.2 Å². The number of fused-ring (bicyclic) bond motifs is 2. The van der Waals surface area contributed by atoms with Crippen molar-refractivity contribution in [2.75, 3.05) is 13.2 Å². The number of carbonyl (C=O) groups excluding carboxylic acids is 1. The molecule has 0 spiro atoms. The van der Waals surface area contributed by atoms with Crippen molar-refractivity contribution in [3.8, 4) is 17.1 Å². The van der Waals surface area contributed by atoms with Gasteiger partial charge in [-0.2, -0.15) is 5.10 Å². The molecule has 10 nitrogen and oxygen atoms in total. The Morgan fingerprint density at radius 2 is 2.29 bits per heavy atom. The van der Waals surface area contributed by atoms with Crippen LogP contribution in [0.4, 0.5) is 9.18 Å². The first-order chi connectivity index (χ1) is 15.0. The maximum atomic E-state index is 13.6. The average molecular weight is 425 g/mol. The minimum atomic E-state index is -0.630. The van der Waals surface area contributed by atoms with Crippen molar-refractivity contribution < 1.29 is 18.7 Å². The standard InChI is InChI=1S/C20H20FN7O3/c1-28-15-4-10(21)2-3-13(15)17(27-28)14-6-23-19-18(26-14)16(7-24-19)31-20(29)25-12-5-11(22)8-30-9-12/h2-4,6-7,11-12H,5,8-9,22H2,1H3,(H,23,24)(H,25,29). The van der Waals surface area contributed by atoms with Crippen molar-refractivity contribution in [2.45, 2.75) is 18.5 Å². The zero-order chi connectivity index (χ0) is 21.5. The zero-order valence-electron chi connectivity index (χ0n) is 16.6. The molecule has 31 heavy (non-hydrogen) atoms. The lowest BCUT2D eigenvalue weighted by Gasteiger charge is -2.27. The highest BCUT2D eigenvalue weighted by molar-refractivity contribution is 5.93. The number of amides is 1. The molecule has 1 aliphatic heterocycles. The quantitative estimate of drug-likeness (QED) is 0.456. The Bertz CT molecular complexity index is 1280. The van der Waals surface area contributed by atoms with Crippen molar-refractivity contribution in [1.82, 2.24) is 30.0 Å². The molecule has 1 aliphatic rings. The molecule has 160 valence electrons. The highest BCUT2D eigenvalue weighted by Crippen LogP contribution is 2.29. The van der Waals surface area contributed by atoms with E-state index in [-0.39, 0.29) is 23.7 Å². The second-order valence-electron chi connectivity index (χ2n) is 7.50. The molecule has 2 atom stereocenters. The summed E-state index contributed by atoms with van der Waals surface area (Å²) in [7, 11) is 1.73. The summed E-state index contributed by atoms with van der Waals surface area (Å²) in [6, 6.07) is 4.09. The third-order valence-corrected chi connectivity index (χ3v) is 5.16. The summed E-state index contributed by atoms with van der Waals surface area (Å²) in [5.74, 6) is -0.116. The van der Waals surface area contributed by atoms with Gasteiger partial charge in [0.1, 0.15) is 17.2 Å². The van der Waals surface area contributed by atoms with Gasteiger partial charge in [-0.3, -0.25) is 4.68 Å². The van der Waals surface area contributed by atoms with Gasteiger partial charge in [0.25, 0.3) is 0 Å². The molecule has 1 fully saturated rings. The van der Waals surface area contributed by atoms with Crippen LogP contribution in [0.25, 0.3) is 33.5 Å². The van der Waals surface area contributed by atoms with Gasteiger partial charge in [0.15, 0.2) is 16.9 Å². The highest BCUT2D eigenvalue weighted by Gasteiger charge is 2.23. The Morgan fingerprint density at radius 1 is 1.42 bits per heavy atom. The average Bonchev–Trinajstić information content (AvgIpc) is 3.28. The first-order valence-electron chi connectivity index (χ1n) is 9.76. The van der Waals surface area contributed by atoms with Crippen LogP contribution in [0.2, 0.25) is 0 Å². The fourth-order valence-electron chi connectivity index (χ4n) is 3.74. The number of ether oxygens (including phenoxy) is 2. The monoisotopic (exact) mass is 425 g/mol. The van der Waals surface area contributed by atoms with Crippen LogP contribution in [0.1, 0.15) is 6.42 Å². The molecule has 1 aromatic carbocycles. The van der Waals surface area contributed by atoms with E-state index in [1.165, 1.54) is 18.3 Å². The predicted molar refractivity (Wildman–Crippen MR) is 110 cm³/mol. The topological polar surface area (TPSA) is 133 Å². The number of aromatic nitrogens is 5. The van der Waals surface area contributed by atoms with E-state index in [0.29, 0.717) is 47.7 Å². The molecule has 0 aliphatic carbocycles. The molecule has 0 bridgehead atoms. The molecule has 4 aromatic rings. The van der Waals surface area contributed by atoms with Gasteiger partial charge in [0, 0.05) is 24.7 Å². The lowest BCUT2D eigenvalue weighted by molar-refractivity contribution is 0.0571. The van der Waals surface area contributed by atoms with Crippen molar-refractivity contribution >= 4 is 28.2 Å². The van der Waals surface area contributed by atoms with E-state index < -0.39 is 6.09 Å². The number of aromatic amines is 1. The number of H-pyrrole nitrogens is 1. The number of rotatable bonds is 3. The third kappa shape index (κ3) is 3.68. The Hall–Kier alpha value is -3.57. The van der Waals surface area contributed by atoms with Crippen LogP contribution in [0, 0.1) is 5.82 Å². The molecule has 1 saturated heterocycles. The normalized spacial score (nSPS) is 19.1. The van der Waals surface area contributed by atoms with Crippen LogP contribution < -0.4 is 15.8 Å². The summed E-state index contributed by atoms with van der Waals surface area (Å²) in [5, 5.41) is 7.95. The van der Waals surface area contributed by atoms with Crippen molar-refractivity contribution in [3.05, 3.63) is 36.4 Å². The van der Waals surface area contributed by atoms with Crippen molar-refractivity contribution in [2.24, 2.45) is 12.8 Å². The van der Waals surface area contributed by atoms with Crippen LogP contribution in [0.5, 0.6) is 5.75 Å². The first-order valence-corrected chi connectivity index (χ1v) is 9.76. The molecular formula is C20H20FN7O3. The Kier molecular flexibility index (Phi) is 4.75. The molecular weight excluding hydrogens is 405 g/mol. The summed E-state index contributed by atoms with van der Waals surface area (Å²) in [6.07, 6.45) is 3.06. The lowest BCUT2D eigenvalue weighted by Crippen LogP contribution is -2.48. The van der Waals surface area contributed by atoms with Crippen LogP contribution in [0.3, 0.4) is 0 Å². The van der Waals surface area contributed by atoms with Gasteiger partial charge >= 0.3 is 6.09 Å². The van der Waals surface area contributed by atoms with Crippen molar-refractivity contribution in [1.29, 1.82) is 0 Å². The van der Waals surface area contributed by atoms with Gasteiger partial charge in [-0.25, -0.2) is 19.2 Å². The highest BCUT2D eigenvalue weighted by atomic mass is 19.1. The maximum Gasteiger partial charge on any atom is 0.413 e. The molecule has 2 unspecified atom stereocenters. The Morgan fingerprint density at radius 3 is 3.13 bits per heavy atom. The number of nitrogens with two attached hydrogens (primary N) is 1. The van der Waals surface area contributed by atoms with Crippen LogP contribution in [-0.2, 0) is 11.8 Å². The Labute approximate surface area is 175 Å². The SMILES string of the molecule is Cn1nc(-c2cnc3[nH]cc(OC(=O)NC4COCC(N)C4)c3n2)c2ccc(F)cc21. The number of hydrogen-bond donors (Lipinski definition) is 3. The molecule has 4 heterocycles. The number of hydrogen-bond acceptors (Lipinski definition) is 7. The molecule has 4 N–H and O–H groups in total. The second-order valence-corrected chi connectivity index (χ2v) is 7.50. The number of halogens is 1. The summed E-state index contributed by atoms with van der Waals surface area (Å²) in [4.78, 5) is 24.2. The molecule has 1 amide bonds. The van der Waals surface area contributed by atoms with Gasteiger partial charge in [-0.15, -0.1) is 0 Å². The predicted octanol–water partition coefficient (Wildman–Crippen LogP) is 1.86. The zero-order valence-corrected chi connectivity index (χ0v) is 16.6. The fourth-order valence-corrected chi connectivity index (χ4v) is 3.74. The molecule has 5 rings (SSSR count). The number of benzene rings is 1. The minimum Gasteiger partial charge on any atom is -0.406 e. The van der Waals surface area contributed by atoms with Gasteiger partial charge < -0.3 is 25.5 Å². The number of aryl methyl sites for hydroxylation is 1. The first kappa shape index (κ1) is 19.4. The van der Waals surface area contributed by atoms with Gasteiger partial charge in [-0.05, 0) is 24.6 Å². The number of nitrogens with one attached hydrogen (secondary N) is 2. The summed E-state index contributed by atoms with van der Waals surface area (Å²) < 4.78 is 26.0. The molecule has 0 radical (unpaired) electrons.